The van der Waals surface area contributed by atoms with E-state index in [1.54, 1.807) is 0 Å². The van der Waals surface area contributed by atoms with Crippen molar-refractivity contribution in [1.82, 2.24) is 15.1 Å². The molecule has 2 fully saturated rings. The third-order valence-electron chi connectivity index (χ3n) is 5.78. The Bertz CT molecular complexity index is 546. The van der Waals surface area contributed by atoms with E-state index in [9.17, 15) is 4.79 Å². The molecule has 0 unspecified atom stereocenters. The van der Waals surface area contributed by atoms with Gasteiger partial charge >= 0.3 is 0 Å². The molecule has 0 atom stereocenters. The lowest BCUT2D eigenvalue weighted by Crippen LogP contribution is -2.52. The first-order valence-electron chi connectivity index (χ1n) is 9.84. The number of benzene rings is 1. The number of hydrogen-bond donors (Lipinski definition) is 1. The fourth-order valence-electron chi connectivity index (χ4n) is 4.14. The van der Waals surface area contributed by atoms with E-state index >= 15 is 0 Å². The Kier molecular flexibility index (Phi) is 6.13. The molecule has 1 heterocycles. The molecule has 0 spiro atoms. The Hall–Kier alpha value is -1.39. The van der Waals surface area contributed by atoms with E-state index < -0.39 is 0 Å². The van der Waals surface area contributed by atoms with Gasteiger partial charge in [-0.1, -0.05) is 50.6 Å². The van der Waals surface area contributed by atoms with Gasteiger partial charge in [0.25, 0.3) is 0 Å². The van der Waals surface area contributed by atoms with Crippen molar-refractivity contribution in [2.24, 2.45) is 5.92 Å². The quantitative estimate of drug-likeness (QED) is 0.826. The number of carbonyl (C=O) groups excluding carboxylic acids is 1. The average molecular weight is 344 g/mol. The van der Waals surface area contributed by atoms with Gasteiger partial charge < -0.3 is 10.2 Å². The molecular weight excluding hydrogens is 310 g/mol. The minimum absolute atomic E-state index is 0.173. The zero-order valence-electron chi connectivity index (χ0n) is 15.8. The van der Waals surface area contributed by atoms with E-state index in [2.05, 4.69) is 59.3 Å². The van der Waals surface area contributed by atoms with E-state index in [-0.39, 0.29) is 11.3 Å². The van der Waals surface area contributed by atoms with Crippen LogP contribution in [0.5, 0.6) is 0 Å². The van der Waals surface area contributed by atoms with Gasteiger partial charge in [0.15, 0.2) is 0 Å². The van der Waals surface area contributed by atoms with Gasteiger partial charge in [0.05, 0.1) is 6.54 Å². The minimum Gasteiger partial charge on any atom is -0.354 e. The first kappa shape index (κ1) is 18.4. The molecule has 1 aliphatic heterocycles. The second kappa shape index (κ2) is 8.33. The second-order valence-electron chi connectivity index (χ2n) is 8.25. The standard InChI is InChI=1S/C21H33N3O/c1-18(2)15-23-11-13-24(14-12-23)16-20(25)22-17-21(9-6-10-21)19-7-4-3-5-8-19/h3-5,7-8,18H,6,9-17H2,1-2H3,(H,22,25). The molecule has 1 amide bonds. The summed E-state index contributed by atoms with van der Waals surface area (Å²) in [5.41, 5.74) is 1.55. The molecule has 1 aromatic rings. The summed E-state index contributed by atoms with van der Waals surface area (Å²) in [4.78, 5) is 17.2. The summed E-state index contributed by atoms with van der Waals surface area (Å²) in [6.45, 7) is 11.2. The van der Waals surface area contributed by atoms with Crippen LogP contribution in [-0.2, 0) is 10.2 Å². The number of nitrogens with zero attached hydrogens (tertiary/aromatic N) is 2. The van der Waals surface area contributed by atoms with Gasteiger partial charge in [0.1, 0.15) is 0 Å². The molecule has 1 saturated heterocycles. The van der Waals surface area contributed by atoms with E-state index in [1.165, 1.54) is 31.4 Å². The number of nitrogens with one attached hydrogen (secondary N) is 1. The largest absolute Gasteiger partial charge is 0.354 e. The van der Waals surface area contributed by atoms with Crippen LogP contribution in [0.1, 0.15) is 38.7 Å². The number of hydrogen-bond acceptors (Lipinski definition) is 3. The smallest absolute Gasteiger partial charge is 0.234 e. The highest BCUT2D eigenvalue weighted by Crippen LogP contribution is 2.43. The van der Waals surface area contributed by atoms with Gasteiger partial charge in [-0.3, -0.25) is 9.69 Å². The van der Waals surface area contributed by atoms with Gasteiger partial charge in [0, 0.05) is 44.7 Å². The Balaban J connectivity index is 1.43. The Morgan fingerprint density at radius 2 is 1.72 bits per heavy atom. The molecule has 1 saturated carbocycles. The van der Waals surface area contributed by atoms with E-state index in [4.69, 9.17) is 0 Å². The lowest BCUT2D eigenvalue weighted by Gasteiger charge is -2.43. The molecule has 1 aliphatic carbocycles. The molecule has 3 rings (SSSR count). The maximum absolute atomic E-state index is 12.4. The van der Waals surface area contributed by atoms with Gasteiger partial charge in [0.2, 0.25) is 5.91 Å². The summed E-state index contributed by atoms with van der Waals surface area (Å²) in [6, 6.07) is 10.7. The van der Waals surface area contributed by atoms with Gasteiger partial charge in [-0.2, -0.15) is 0 Å². The van der Waals surface area contributed by atoms with Crippen LogP contribution >= 0.6 is 0 Å². The molecule has 138 valence electrons. The maximum Gasteiger partial charge on any atom is 0.234 e. The fraction of sp³-hybridized carbons (Fsp3) is 0.667. The monoisotopic (exact) mass is 343 g/mol. The van der Waals surface area contributed by atoms with Crippen molar-refractivity contribution in [1.29, 1.82) is 0 Å². The van der Waals surface area contributed by atoms with Crippen LogP contribution in [0.25, 0.3) is 0 Å². The third kappa shape index (κ3) is 4.83. The molecule has 0 bridgehead atoms. The zero-order valence-corrected chi connectivity index (χ0v) is 15.8. The molecule has 0 aromatic heterocycles. The van der Waals surface area contributed by atoms with Crippen LogP contribution in [0.2, 0.25) is 0 Å². The summed E-state index contributed by atoms with van der Waals surface area (Å²) >= 11 is 0. The molecular formula is C21H33N3O. The maximum atomic E-state index is 12.4. The molecule has 0 radical (unpaired) electrons. The normalized spacial score (nSPS) is 21.1. The summed E-state index contributed by atoms with van der Waals surface area (Å²) in [7, 11) is 0. The topological polar surface area (TPSA) is 35.6 Å². The van der Waals surface area contributed by atoms with E-state index in [1.807, 2.05) is 0 Å². The Morgan fingerprint density at radius 1 is 1.08 bits per heavy atom. The number of piperazine rings is 1. The zero-order chi connectivity index (χ0) is 17.7. The summed E-state index contributed by atoms with van der Waals surface area (Å²) in [6.07, 6.45) is 3.64. The first-order chi connectivity index (χ1) is 12.1. The van der Waals surface area contributed by atoms with Crippen molar-refractivity contribution in [2.45, 2.75) is 38.5 Å². The van der Waals surface area contributed by atoms with Gasteiger partial charge in [-0.05, 0) is 24.3 Å². The predicted octanol–water partition coefficient (Wildman–Crippen LogP) is 2.50. The highest BCUT2D eigenvalue weighted by Gasteiger charge is 2.38. The Labute approximate surface area is 152 Å². The summed E-state index contributed by atoms with van der Waals surface area (Å²) in [5.74, 6) is 0.894. The van der Waals surface area contributed by atoms with Gasteiger partial charge in [-0.25, -0.2) is 0 Å². The number of carbonyl (C=O) groups is 1. The number of amides is 1. The van der Waals surface area contributed by atoms with Crippen molar-refractivity contribution in [3.8, 4) is 0 Å². The molecule has 4 heteroatoms. The van der Waals surface area contributed by atoms with Crippen LogP contribution in [0.3, 0.4) is 0 Å². The van der Waals surface area contributed by atoms with E-state index in [0.717, 1.165) is 32.7 Å². The van der Waals surface area contributed by atoms with Crippen LogP contribution in [0.4, 0.5) is 0 Å². The minimum atomic E-state index is 0.173. The molecule has 2 aliphatic rings. The lowest BCUT2D eigenvalue weighted by atomic mass is 9.64. The second-order valence-corrected chi connectivity index (χ2v) is 8.25. The van der Waals surface area contributed by atoms with E-state index in [0.29, 0.717) is 12.5 Å². The Morgan fingerprint density at radius 3 is 2.28 bits per heavy atom. The highest BCUT2D eigenvalue weighted by molar-refractivity contribution is 5.78. The molecule has 4 nitrogen and oxygen atoms in total. The summed E-state index contributed by atoms with van der Waals surface area (Å²) in [5, 5.41) is 3.22. The highest BCUT2D eigenvalue weighted by atomic mass is 16.2. The van der Waals surface area contributed by atoms with Crippen LogP contribution < -0.4 is 5.32 Å². The van der Waals surface area contributed by atoms with Crippen molar-refractivity contribution in [3.63, 3.8) is 0 Å². The molecule has 1 aromatic carbocycles. The average Bonchev–Trinajstić information content (AvgIpc) is 2.56. The lowest BCUT2D eigenvalue weighted by molar-refractivity contribution is -0.123. The van der Waals surface area contributed by atoms with Crippen molar-refractivity contribution in [3.05, 3.63) is 35.9 Å². The van der Waals surface area contributed by atoms with Crippen LogP contribution in [-0.4, -0.2) is 61.5 Å². The van der Waals surface area contributed by atoms with Crippen LogP contribution in [0.15, 0.2) is 30.3 Å². The molecule has 25 heavy (non-hydrogen) atoms. The van der Waals surface area contributed by atoms with Crippen molar-refractivity contribution in [2.75, 3.05) is 45.8 Å². The van der Waals surface area contributed by atoms with Crippen LogP contribution in [0, 0.1) is 5.92 Å². The summed E-state index contributed by atoms with van der Waals surface area (Å²) < 4.78 is 0. The van der Waals surface area contributed by atoms with Gasteiger partial charge in [-0.15, -0.1) is 0 Å². The van der Waals surface area contributed by atoms with Crippen molar-refractivity contribution < 1.29 is 4.79 Å². The predicted molar refractivity (Wildman–Crippen MR) is 103 cm³/mol. The first-order valence-corrected chi connectivity index (χ1v) is 9.84. The number of rotatable bonds is 7. The molecule has 1 N–H and O–H groups in total. The SMILES string of the molecule is CC(C)CN1CCN(CC(=O)NCC2(c3ccccc3)CCC2)CC1. The third-order valence-corrected chi connectivity index (χ3v) is 5.78. The van der Waals surface area contributed by atoms with Crippen molar-refractivity contribution >= 4 is 5.91 Å². The fourth-order valence-corrected chi connectivity index (χ4v) is 4.14.